The molecule has 2 aromatic carbocycles. The lowest BCUT2D eigenvalue weighted by Gasteiger charge is -2.42. The molecule has 2 aromatic rings. The van der Waals surface area contributed by atoms with Crippen LogP contribution in [-0.4, -0.2) is 129 Å². The van der Waals surface area contributed by atoms with E-state index in [0.717, 1.165) is 24.3 Å². The first-order valence-corrected chi connectivity index (χ1v) is 12.1. The number of aliphatic hydroxyl groups is 8. The summed E-state index contributed by atoms with van der Waals surface area (Å²) in [6, 6.07) is 4.51. The Morgan fingerprint density at radius 1 is 0.600 bits per heavy atom. The van der Waals surface area contributed by atoms with E-state index in [2.05, 4.69) is 0 Å². The van der Waals surface area contributed by atoms with Gasteiger partial charge in [-0.15, -0.1) is 0 Å². The first-order chi connectivity index (χ1) is 18.8. The lowest BCUT2D eigenvalue weighted by atomic mass is 9.83. The quantitative estimate of drug-likeness (QED) is 0.152. The lowest BCUT2D eigenvalue weighted by molar-refractivity contribution is -0.234. The monoisotopic (exact) mass is 570 g/mol. The molecule has 10 atom stereocenters. The van der Waals surface area contributed by atoms with Crippen LogP contribution in [0.3, 0.4) is 0 Å². The van der Waals surface area contributed by atoms with Crippen LogP contribution in [0, 0.1) is 0 Å². The summed E-state index contributed by atoms with van der Waals surface area (Å²) in [5.41, 5.74) is -2.79. The second-order valence-corrected chi connectivity index (χ2v) is 9.62. The standard InChI is InChI=1S/C25H30O15/c26-5-9-15(30)20(35)22(37)24(39-9)12-17(32)11(14(29)7-1-3-8(28)4-2-7)18(33)13(19(12)34)25-23(38)21(36)16(31)10(6-27)40-25/h1-4,9-10,15-16,20-28,30-38H,5-6H2/t9?,10?,15-,16+,20?,21?,22?,23?,24+,25-. The molecule has 0 aliphatic carbocycles. The van der Waals surface area contributed by atoms with Gasteiger partial charge in [0.2, 0.25) is 5.78 Å². The van der Waals surface area contributed by atoms with Crippen molar-refractivity contribution in [3.63, 3.8) is 0 Å². The van der Waals surface area contributed by atoms with Crippen LogP contribution in [0.5, 0.6) is 23.0 Å². The van der Waals surface area contributed by atoms with Gasteiger partial charge in [-0.2, -0.15) is 0 Å². The van der Waals surface area contributed by atoms with Crippen LogP contribution in [0.15, 0.2) is 24.3 Å². The Morgan fingerprint density at radius 3 is 1.38 bits per heavy atom. The number of ketones is 1. The van der Waals surface area contributed by atoms with Crippen LogP contribution in [0.4, 0.5) is 0 Å². The fourth-order valence-electron chi connectivity index (χ4n) is 4.94. The van der Waals surface area contributed by atoms with Gasteiger partial charge >= 0.3 is 0 Å². The van der Waals surface area contributed by atoms with Crippen molar-refractivity contribution in [3.05, 3.63) is 46.5 Å². The molecule has 12 N–H and O–H groups in total. The van der Waals surface area contributed by atoms with Crippen LogP contribution >= 0.6 is 0 Å². The second kappa shape index (κ2) is 11.4. The van der Waals surface area contributed by atoms with Crippen molar-refractivity contribution < 1.29 is 75.5 Å². The Labute approximate surface area is 225 Å². The maximum absolute atomic E-state index is 13.5. The third kappa shape index (κ3) is 4.86. The molecule has 0 radical (unpaired) electrons. The van der Waals surface area contributed by atoms with E-state index >= 15 is 0 Å². The minimum absolute atomic E-state index is 0.200. The van der Waals surface area contributed by atoms with E-state index in [1.807, 2.05) is 0 Å². The summed E-state index contributed by atoms with van der Waals surface area (Å²) in [6.07, 6.45) is -18.8. The Kier molecular flexibility index (Phi) is 8.53. The van der Waals surface area contributed by atoms with E-state index in [9.17, 15) is 66.1 Å². The summed E-state index contributed by atoms with van der Waals surface area (Å²) in [7, 11) is 0. The van der Waals surface area contributed by atoms with Crippen LogP contribution in [-0.2, 0) is 9.47 Å². The summed E-state index contributed by atoms with van der Waals surface area (Å²) in [5.74, 6) is -4.80. The minimum Gasteiger partial charge on any atom is -0.508 e. The molecular weight excluding hydrogens is 540 g/mol. The topological polar surface area (TPSA) is 278 Å². The highest BCUT2D eigenvalue weighted by molar-refractivity contribution is 6.13. The molecular formula is C25H30O15. The molecule has 0 bridgehead atoms. The van der Waals surface area contributed by atoms with Gasteiger partial charge in [-0.25, -0.2) is 0 Å². The van der Waals surface area contributed by atoms with Crippen molar-refractivity contribution in [1.82, 2.24) is 0 Å². The molecule has 2 heterocycles. The fourth-order valence-corrected chi connectivity index (χ4v) is 4.94. The molecule has 15 nitrogen and oxygen atoms in total. The zero-order valence-corrected chi connectivity index (χ0v) is 20.6. The molecule has 4 rings (SSSR count). The van der Waals surface area contributed by atoms with Crippen molar-refractivity contribution in [3.8, 4) is 23.0 Å². The van der Waals surface area contributed by atoms with Gasteiger partial charge in [-0.05, 0) is 24.3 Å². The third-order valence-electron chi connectivity index (χ3n) is 7.20. The highest BCUT2D eigenvalue weighted by atomic mass is 16.6. The Balaban J connectivity index is 1.98. The Bertz CT molecular complexity index is 1170. The Hall–Kier alpha value is -3.09. The van der Waals surface area contributed by atoms with Crippen LogP contribution in [0.1, 0.15) is 39.3 Å². The number of ether oxygens (including phenoxy) is 2. The van der Waals surface area contributed by atoms with E-state index in [-0.39, 0.29) is 11.3 Å². The number of carbonyl (C=O) groups is 1. The lowest BCUT2D eigenvalue weighted by Crippen LogP contribution is -2.55. The van der Waals surface area contributed by atoms with Gasteiger partial charge in [-0.3, -0.25) is 4.79 Å². The smallest absolute Gasteiger partial charge is 0.200 e. The van der Waals surface area contributed by atoms with Gasteiger partial charge in [0.1, 0.15) is 89.6 Å². The maximum atomic E-state index is 13.5. The molecule has 6 unspecified atom stereocenters. The molecule has 0 amide bonds. The number of aromatic hydroxyl groups is 4. The summed E-state index contributed by atoms with van der Waals surface area (Å²) in [6.45, 7) is -1.78. The number of rotatable bonds is 6. The van der Waals surface area contributed by atoms with Crippen LogP contribution in [0.2, 0.25) is 0 Å². The maximum Gasteiger partial charge on any atom is 0.200 e. The number of hydrogen-bond acceptors (Lipinski definition) is 15. The molecule has 0 aromatic heterocycles. The number of benzene rings is 2. The fraction of sp³-hybridized carbons (Fsp3) is 0.480. The molecule has 0 saturated carbocycles. The van der Waals surface area contributed by atoms with Gasteiger partial charge in [0.05, 0.1) is 24.3 Å². The molecule has 15 heteroatoms. The van der Waals surface area contributed by atoms with Gasteiger partial charge in [0.25, 0.3) is 0 Å². The summed E-state index contributed by atoms with van der Waals surface area (Å²) < 4.78 is 10.9. The summed E-state index contributed by atoms with van der Waals surface area (Å²) in [5, 5.41) is 125. The van der Waals surface area contributed by atoms with Gasteiger partial charge in [-0.1, -0.05) is 0 Å². The van der Waals surface area contributed by atoms with E-state index in [1.54, 1.807) is 0 Å². The van der Waals surface area contributed by atoms with Crippen molar-refractivity contribution in [2.24, 2.45) is 0 Å². The molecule has 2 saturated heterocycles. The van der Waals surface area contributed by atoms with Crippen molar-refractivity contribution in [2.45, 2.75) is 61.0 Å². The zero-order valence-electron chi connectivity index (χ0n) is 20.6. The van der Waals surface area contributed by atoms with Crippen molar-refractivity contribution in [2.75, 3.05) is 13.2 Å². The highest BCUT2D eigenvalue weighted by Gasteiger charge is 2.50. The molecule has 0 spiro atoms. The summed E-state index contributed by atoms with van der Waals surface area (Å²) in [4.78, 5) is 13.5. The number of aliphatic hydroxyl groups excluding tert-OH is 8. The number of phenols is 4. The second-order valence-electron chi connectivity index (χ2n) is 9.62. The van der Waals surface area contributed by atoms with E-state index < -0.39 is 114 Å². The predicted octanol–water partition coefficient (Wildman–Crippen LogP) is -3.23. The predicted molar refractivity (Wildman–Crippen MR) is 128 cm³/mol. The summed E-state index contributed by atoms with van der Waals surface area (Å²) >= 11 is 0. The zero-order chi connectivity index (χ0) is 29.6. The number of carbonyl (C=O) groups excluding carboxylic acids is 1. The van der Waals surface area contributed by atoms with Crippen molar-refractivity contribution >= 4 is 5.78 Å². The first-order valence-electron chi connectivity index (χ1n) is 12.1. The van der Waals surface area contributed by atoms with Gasteiger partial charge < -0.3 is 70.8 Å². The molecule has 2 aliphatic heterocycles. The number of phenolic OH excluding ortho intramolecular Hbond substituents is 4. The van der Waals surface area contributed by atoms with Gasteiger partial charge in [0.15, 0.2) is 0 Å². The molecule has 40 heavy (non-hydrogen) atoms. The SMILES string of the molecule is O=C(c1ccc(O)cc1)c1c(O)c([C@H]2OC(CO)[C@H](O)C(O)C2O)c(O)c([C@@H]2OC(CO)[C@@H](O)C(O)C2O)c1O. The molecule has 220 valence electrons. The Morgan fingerprint density at radius 2 is 1.00 bits per heavy atom. The number of hydrogen-bond donors (Lipinski definition) is 12. The van der Waals surface area contributed by atoms with E-state index in [0.29, 0.717) is 0 Å². The van der Waals surface area contributed by atoms with Gasteiger partial charge in [0, 0.05) is 5.56 Å². The molecule has 2 aliphatic rings. The average Bonchev–Trinajstić information content (AvgIpc) is 2.93. The van der Waals surface area contributed by atoms with E-state index in [4.69, 9.17) is 9.47 Å². The largest absolute Gasteiger partial charge is 0.508 e. The van der Waals surface area contributed by atoms with E-state index in [1.165, 1.54) is 0 Å². The van der Waals surface area contributed by atoms with Crippen LogP contribution in [0.25, 0.3) is 0 Å². The van der Waals surface area contributed by atoms with Crippen LogP contribution < -0.4 is 0 Å². The van der Waals surface area contributed by atoms with Crippen molar-refractivity contribution in [1.29, 1.82) is 0 Å². The third-order valence-corrected chi connectivity index (χ3v) is 7.20. The average molecular weight is 571 g/mol. The molecule has 2 fully saturated rings. The highest BCUT2D eigenvalue weighted by Crippen LogP contribution is 2.53. The first kappa shape index (κ1) is 29.9. The minimum atomic E-state index is -2.08. The normalized spacial score (nSPS) is 34.5.